The Morgan fingerprint density at radius 2 is 2.26 bits per heavy atom. The number of thioether (sulfide) groups is 2. The second kappa shape index (κ2) is 12.6. The summed E-state index contributed by atoms with van der Waals surface area (Å²) in [5.41, 5.74) is -0.105. The molecule has 0 saturated carbocycles. The number of β-lactam (4-membered cyclic amide) rings is 1. The summed E-state index contributed by atoms with van der Waals surface area (Å²) in [7, 11) is -2.73. The predicted molar refractivity (Wildman–Crippen MR) is 135 cm³/mol. The van der Waals surface area contributed by atoms with Crippen molar-refractivity contribution >= 4 is 57.2 Å². The van der Waals surface area contributed by atoms with E-state index in [4.69, 9.17) is 14.4 Å². The zero-order valence-electron chi connectivity index (χ0n) is 19.9. The number of carbonyl (C=O) groups excluding carboxylic acids is 2. The normalized spacial score (nSPS) is 20.0. The third-order valence-corrected chi connectivity index (χ3v) is 8.43. The number of H-pyrrole nitrogens is 1. The van der Waals surface area contributed by atoms with Gasteiger partial charge in [-0.3, -0.25) is 14.5 Å². The molecule has 8 N–H and O–H groups in total. The number of tetrazole rings is 1. The number of fused-ring (bicyclic) bond motifs is 1. The topological polar surface area (TPSA) is 280 Å². The number of furan rings is 1. The van der Waals surface area contributed by atoms with Crippen molar-refractivity contribution in [2.24, 2.45) is 10.3 Å². The second-order valence-corrected chi connectivity index (χ2v) is 11.4. The van der Waals surface area contributed by atoms with E-state index in [1.807, 2.05) is 0 Å². The van der Waals surface area contributed by atoms with E-state index in [0.717, 1.165) is 16.7 Å². The van der Waals surface area contributed by atoms with Gasteiger partial charge in [0.1, 0.15) is 24.2 Å². The van der Waals surface area contributed by atoms with Crippen molar-refractivity contribution in [2.75, 3.05) is 19.4 Å². The molecule has 2 aromatic heterocycles. The van der Waals surface area contributed by atoms with E-state index in [9.17, 15) is 27.9 Å². The minimum absolute atomic E-state index is 0. The van der Waals surface area contributed by atoms with Crippen LogP contribution in [0.2, 0.25) is 0 Å². The molecule has 21 heteroatoms. The van der Waals surface area contributed by atoms with E-state index in [0.29, 0.717) is 5.57 Å². The highest BCUT2D eigenvalue weighted by Crippen LogP contribution is 2.44. The van der Waals surface area contributed by atoms with Gasteiger partial charge >= 0.3 is 5.97 Å². The predicted octanol–water partition coefficient (Wildman–Crippen LogP) is -2.60. The number of aromatic amines is 1. The number of amides is 2. The highest BCUT2D eigenvalue weighted by atomic mass is 32.2. The third kappa shape index (κ3) is 6.75. The Kier molecular flexibility index (Phi) is 9.68. The molecule has 212 valence electrons. The average Bonchev–Trinajstić information content (AvgIpc) is 3.58. The van der Waals surface area contributed by atoms with Crippen molar-refractivity contribution in [1.82, 2.24) is 35.6 Å². The molecule has 2 aliphatic heterocycles. The number of nitrogens with zero attached hydrogens (tertiary/aromatic N) is 5. The first kappa shape index (κ1) is 30.0. The van der Waals surface area contributed by atoms with Gasteiger partial charge in [0.15, 0.2) is 5.76 Å². The summed E-state index contributed by atoms with van der Waals surface area (Å²) in [6, 6.07) is 2.01. The number of carboxylic acid groups (broad SMARTS) is 1. The van der Waals surface area contributed by atoms with E-state index in [1.54, 1.807) is 6.07 Å². The fraction of sp³-hybridized carbons (Fsp3) is 0.389. The monoisotopic (exact) mass is 605 g/mol. The van der Waals surface area contributed by atoms with Crippen LogP contribution < -0.4 is 15.2 Å². The zero-order chi connectivity index (χ0) is 27.4. The van der Waals surface area contributed by atoms with Gasteiger partial charge in [-0.15, -0.1) is 16.9 Å². The molecule has 2 amide bonds. The Morgan fingerprint density at radius 3 is 2.85 bits per heavy atom. The number of nitrogens with one attached hydrogen (secondary N) is 3. The number of aliphatic carboxylic acids is 1. The van der Waals surface area contributed by atoms with Crippen LogP contribution >= 0.6 is 23.5 Å². The summed E-state index contributed by atoms with van der Waals surface area (Å²) in [5, 5.41) is 33.5. The largest absolute Gasteiger partial charge is 0.477 e. The van der Waals surface area contributed by atoms with Gasteiger partial charge in [0.25, 0.3) is 22.0 Å². The lowest BCUT2D eigenvalue weighted by Crippen LogP contribution is -2.71. The summed E-state index contributed by atoms with van der Waals surface area (Å²) in [6.45, 7) is -0.108. The Labute approximate surface area is 228 Å². The van der Waals surface area contributed by atoms with Crippen molar-refractivity contribution in [3.8, 4) is 0 Å². The number of oxime groups is 1. The lowest BCUT2D eigenvalue weighted by atomic mass is 10.00. The molecule has 1 fully saturated rings. The number of hydrogen-bond acceptors (Lipinski definition) is 13. The van der Waals surface area contributed by atoms with E-state index in [1.165, 1.54) is 31.2 Å². The second-order valence-electron chi connectivity index (χ2n) is 7.68. The standard InChI is InChI=1S/C18H21N9O8S3.H2O/c1-34-24-11(9-3-2-6-35-9)14(28)21-12-15(29)27-13(17(30)31)8(7-36-16(12)27)10(4-5-20-38(19,32)33)37-18-22-25-26-23-18;/h2-3,6,10,12,16,20H,4-5,7H2,1H3,(H,21,28)(H,30,31)(H2,19,32,33)(H,22,23,25,26);1H2/b24-11-;/t10?,12?,16-;/m0./s1. The van der Waals surface area contributed by atoms with E-state index in [-0.39, 0.29) is 46.5 Å². The average molecular weight is 606 g/mol. The Bertz CT molecular complexity index is 1360. The van der Waals surface area contributed by atoms with Crippen LogP contribution in [-0.2, 0) is 29.4 Å². The van der Waals surface area contributed by atoms with Crippen molar-refractivity contribution in [3.05, 3.63) is 35.4 Å². The maximum atomic E-state index is 13.1. The lowest BCUT2D eigenvalue weighted by molar-refractivity contribution is -0.150. The van der Waals surface area contributed by atoms with Gasteiger partial charge < -0.3 is 25.2 Å². The van der Waals surface area contributed by atoms with Crippen LogP contribution in [0.25, 0.3) is 0 Å². The highest BCUT2D eigenvalue weighted by Gasteiger charge is 2.55. The molecule has 4 rings (SSSR count). The molecule has 0 radical (unpaired) electrons. The zero-order valence-corrected chi connectivity index (χ0v) is 22.4. The minimum Gasteiger partial charge on any atom is -0.477 e. The fourth-order valence-electron chi connectivity index (χ4n) is 3.77. The number of carbonyl (C=O) groups is 3. The first-order valence-electron chi connectivity index (χ1n) is 10.7. The molecule has 2 unspecified atom stereocenters. The maximum absolute atomic E-state index is 13.1. The minimum atomic E-state index is -3.98. The maximum Gasteiger partial charge on any atom is 0.352 e. The molecule has 2 aliphatic rings. The van der Waals surface area contributed by atoms with Crippen LogP contribution in [0.3, 0.4) is 0 Å². The molecule has 0 aliphatic carbocycles. The number of nitrogens with two attached hydrogens (primary N) is 1. The summed E-state index contributed by atoms with van der Waals surface area (Å²) >= 11 is 2.31. The molecular weight excluding hydrogens is 582 g/mol. The molecule has 39 heavy (non-hydrogen) atoms. The summed E-state index contributed by atoms with van der Waals surface area (Å²) in [6.07, 6.45) is 1.45. The summed E-state index contributed by atoms with van der Waals surface area (Å²) in [4.78, 5) is 44.1. The van der Waals surface area contributed by atoms with E-state index < -0.39 is 44.7 Å². The van der Waals surface area contributed by atoms with Crippen molar-refractivity contribution in [1.29, 1.82) is 0 Å². The SMILES string of the molecule is CO/N=C(\C(=O)NC1C(=O)N2C(C(=O)O)=C(C(CCNS(N)(=O)=O)Sc3nnn[nH]3)CS[C@@H]12)c1ccco1.O. The van der Waals surface area contributed by atoms with Crippen molar-refractivity contribution in [2.45, 2.75) is 28.2 Å². The van der Waals surface area contributed by atoms with Gasteiger partial charge in [-0.2, -0.15) is 8.42 Å². The molecule has 0 bridgehead atoms. The van der Waals surface area contributed by atoms with Gasteiger partial charge in [0, 0.05) is 17.5 Å². The first-order chi connectivity index (χ1) is 18.1. The molecule has 2 aromatic rings. The van der Waals surface area contributed by atoms with Crippen LogP contribution in [0.5, 0.6) is 0 Å². The van der Waals surface area contributed by atoms with Gasteiger partial charge in [0.2, 0.25) is 10.9 Å². The van der Waals surface area contributed by atoms with Crippen LogP contribution in [0.4, 0.5) is 0 Å². The first-order valence-corrected chi connectivity index (χ1v) is 14.1. The van der Waals surface area contributed by atoms with Crippen molar-refractivity contribution < 1.29 is 42.6 Å². The van der Waals surface area contributed by atoms with Gasteiger partial charge in [-0.05, 0) is 34.6 Å². The molecule has 3 atom stereocenters. The number of aromatic nitrogens is 4. The Morgan fingerprint density at radius 1 is 1.49 bits per heavy atom. The van der Waals surface area contributed by atoms with E-state index >= 15 is 0 Å². The molecule has 0 spiro atoms. The third-order valence-electron chi connectivity index (χ3n) is 5.32. The molecule has 18 nitrogen and oxygen atoms in total. The smallest absolute Gasteiger partial charge is 0.352 e. The fourth-order valence-corrected chi connectivity index (χ4v) is 6.72. The van der Waals surface area contributed by atoms with Crippen LogP contribution in [0, 0.1) is 0 Å². The number of hydrogen-bond donors (Lipinski definition) is 5. The Balaban J connectivity index is 0.00000420. The molecule has 4 heterocycles. The van der Waals surface area contributed by atoms with Gasteiger partial charge in [-0.1, -0.05) is 16.9 Å². The van der Waals surface area contributed by atoms with Gasteiger partial charge in [0.05, 0.1) is 6.26 Å². The van der Waals surface area contributed by atoms with Crippen LogP contribution in [0.15, 0.2) is 44.4 Å². The van der Waals surface area contributed by atoms with Gasteiger partial charge in [-0.25, -0.2) is 19.8 Å². The van der Waals surface area contributed by atoms with Crippen LogP contribution in [-0.4, -0.2) is 104 Å². The molecule has 0 aromatic carbocycles. The van der Waals surface area contributed by atoms with E-state index in [2.05, 4.69) is 35.8 Å². The quantitative estimate of drug-likeness (QED) is 0.0719. The lowest BCUT2D eigenvalue weighted by Gasteiger charge is -2.50. The Hall–Kier alpha value is -3.50. The highest BCUT2D eigenvalue weighted by molar-refractivity contribution is 8.01. The number of carboxylic acids is 1. The van der Waals surface area contributed by atoms with Crippen molar-refractivity contribution in [3.63, 3.8) is 0 Å². The summed E-state index contributed by atoms with van der Waals surface area (Å²) < 4.78 is 30.0. The molecule has 1 saturated heterocycles. The summed E-state index contributed by atoms with van der Waals surface area (Å²) in [5.74, 6) is -2.47. The molecular formula is C18H23N9O9S3. The van der Waals surface area contributed by atoms with Crippen LogP contribution in [0.1, 0.15) is 12.2 Å². The number of rotatable bonds is 12.